The lowest BCUT2D eigenvalue weighted by molar-refractivity contribution is 0.0236. The van der Waals surface area contributed by atoms with Crippen LogP contribution in [-0.2, 0) is 4.74 Å². The van der Waals surface area contributed by atoms with E-state index in [-0.39, 0.29) is 0 Å². The second-order valence-corrected chi connectivity index (χ2v) is 7.06. The van der Waals surface area contributed by atoms with Crippen LogP contribution in [0.15, 0.2) is 0 Å². The monoisotopic (exact) mass is 299 g/mol. The van der Waals surface area contributed by atoms with E-state index in [4.69, 9.17) is 4.74 Å². The number of hydrogen-bond acceptors (Lipinski definition) is 4. The van der Waals surface area contributed by atoms with Crippen LogP contribution in [-0.4, -0.2) is 75.4 Å². The van der Waals surface area contributed by atoms with E-state index in [2.05, 4.69) is 50.0 Å². The predicted molar refractivity (Wildman–Crippen MR) is 90.9 cm³/mol. The molecular weight excluding hydrogens is 262 g/mol. The van der Waals surface area contributed by atoms with Crippen molar-refractivity contribution in [2.24, 2.45) is 5.92 Å². The summed E-state index contributed by atoms with van der Waals surface area (Å²) >= 11 is 0. The van der Waals surface area contributed by atoms with E-state index in [1.165, 1.54) is 32.4 Å². The Balaban J connectivity index is 2.16. The maximum absolute atomic E-state index is 6.19. The maximum atomic E-state index is 6.19. The molecule has 1 aliphatic heterocycles. The van der Waals surface area contributed by atoms with E-state index < -0.39 is 0 Å². The summed E-state index contributed by atoms with van der Waals surface area (Å²) in [6.07, 6.45) is 4.54. The smallest absolute Gasteiger partial charge is 0.0707 e. The number of nitrogens with zero attached hydrogens (tertiary/aromatic N) is 2. The van der Waals surface area contributed by atoms with Gasteiger partial charge in [-0.3, -0.25) is 0 Å². The molecule has 0 radical (unpaired) electrons. The summed E-state index contributed by atoms with van der Waals surface area (Å²) in [4.78, 5) is 4.80. The largest absolute Gasteiger partial charge is 0.372 e. The van der Waals surface area contributed by atoms with Gasteiger partial charge in [0.15, 0.2) is 0 Å². The topological polar surface area (TPSA) is 27.7 Å². The van der Waals surface area contributed by atoms with Crippen molar-refractivity contribution < 1.29 is 4.74 Å². The highest BCUT2D eigenvalue weighted by molar-refractivity contribution is 4.78. The van der Waals surface area contributed by atoms with Gasteiger partial charge < -0.3 is 19.9 Å². The molecule has 1 fully saturated rings. The molecule has 0 aliphatic carbocycles. The summed E-state index contributed by atoms with van der Waals surface area (Å²) in [6, 6.07) is 0. The average molecular weight is 300 g/mol. The summed E-state index contributed by atoms with van der Waals surface area (Å²) in [5.41, 5.74) is 0. The first kappa shape index (κ1) is 18.9. The van der Waals surface area contributed by atoms with Gasteiger partial charge in [0.1, 0.15) is 0 Å². The van der Waals surface area contributed by atoms with Crippen LogP contribution < -0.4 is 5.32 Å². The van der Waals surface area contributed by atoms with Crippen LogP contribution in [0, 0.1) is 5.92 Å². The molecule has 126 valence electrons. The van der Waals surface area contributed by atoms with E-state index in [1.54, 1.807) is 0 Å². The zero-order chi connectivity index (χ0) is 15.7. The zero-order valence-corrected chi connectivity index (χ0v) is 14.9. The van der Waals surface area contributed by atoms with Gasteiger partial charge in [0, 0.05) is 13.1 Å². The van der Waals surface area contributed by atoms with E-state index >= 15 is 0 Å². The third-order valence-corrected chi connectivity index (χ3v) is 4.11. The predicted octanol–water partition coefficient (Wildman–Crippen LogP) is 2.05. The van der Waals surface area contributed by atoms with E-state index in [1.807, 2.05) is 0 Å². The van der Waals surface area contributed by atoms with Gasteiger partial charge in [-0.05, 0) is 65.5 Å². The number of ether oxygens (including phenoxy) is 1. The first-order valence-electron chi connectivity index (χ1n) is 8.74. The highest BCUT2D eigenvalue weighted by Gasteiger charge is 2.26. The second-order valence-electron chi connectivity index (χ2n) is 7.06. The van der Waals surface area contributed by atoms with Crippen molar-refractivity contribution in [2.75, 3.05) is 53.4 Å². The summed E-state index contributed by atoms with van der Waals surface area (Å²) in [7, 11) is 4.29. The standard InChI is InChI=1S/C17H37N3O/c1-6-20(11-7-10-19(4)5)14-17-9-8-16(21-17)13-18-12-15(2)3/h15-18H,6-14H2,1-5H3. The Hall–Kier alpha value is -0.160. The normalized spacial score (nSPS) is 22.9. The summed E-state index contributed by atoms with van der Waals surface area (Å²) in [5, 5.41) is 3.52. The van der Waals surface area contributed by atoms with Gasteiger partial charge >= 0.3 is 0 Å². The van der Waals surface area contributed by atoms with Crippen molar-refractivity contribution in [1.29, 1.82) is 0 Å². The molecule has 4 nitrogen and oxygen atoms in total. The summed E-state index contributed by atoms with van der Waals surface area (Å²) in [5.74, 6) is 0.717. The van der Waals surface area contributed by atoms with Gasteiger partial charge in [-0.15, -0.1) is 0 Å². The highest BCUT2D eigenvalue weighted by atomic mass is 16.5. The first-order chi connectivity index (χ1) is 10.0. The Labute approximate surface area is 132 Å². The zero-order valence-electron chi connectivity index (χ0n) is 14.9. The quantitative estimate of drug-likeness (QED) is 0.632. The number of nitrogens with one attached hydrogen (secondary N) is 1. The molecule has 1 saturated heterocycles. The molecule has 0 aromatic rings. The van der Waals surface area contributed by atoms with Gasteiger partial charge in [0.25, 0.3) is 0 Å². The lowest BCUT2D eigenvalue weighted by Crippen LogP contribution is -2.35. The molecule has 0 amide bonds. The van der Waals surface area contributed by atoms with Crippen LogP contribution in [0.3, 0.4) is 0 Å². The van der Waals surface area contributed by atoms with Crippen LogP contribution in [0.4, 0.5) is 0 Å². The van der Waals surface area contributed by atoms with Crippen molar-refractivity contribution in [3.63, 3.8) is 0 Å². The van der Waals surface area contributed by atoms with Crippen molar-refractivity contribution >= 4 is 0 Å². The van der Waals surface area contributed by atoms with E-state index in [9.17, 15) is 0 Å². The van der Waals surface area contributed by atoms with Gasteiger partial charge in [0.2, 0.25) is 0 Å². The number of likely N-dealkylation sites (N-methyl/N-ethyl adjacent to an activating group) is 1. The van der Waals surface area contributed by atoms with Crippen molar-refractivity contribution in [3.8, 4) is 0 Å². The van der Waals surface area contributed by atoms with Gasteiger partial charge in [0.05, 0.1) is 12.2 Å². The molecule has 1 rings (SSSR count). The van der Waals surface area contributed by atoms with Gasteiger partial charge in [-0.25, -0.2) is 0 Å². The van der Waals surface area contributed by atoms with Crippen LogP contribution >= 0.6 is 0 Å². The summed E-state index contributed by atoms with van der Waals surface area (Å²) < 4.78 is 6.19. The Kier molecular flexibility index (Phi) is 9.49. The molecule has 0 saturated carbocycles. The molecule has 0 aromatic carbocycles. The molecule has 1 N–H and O–H groups in total. The number of rotatable bonds is 11. The van der Waals surface area contributed by atoms with E-state index in [0.29, 0.717) is 12.2 Å². The Morgan fingerprint density at radius 2 is 1.86 bits per heavy atom. The Morgan fingerprint density at radius 3 is 2.48 bits per heavy atom. The first-order valence-corrected chi connectivity index (χ1v) is 8.74. The molecule has 1 aliphatic rings. The Morgan fingerprint density at radius 1 is 1.14 bits per heavy atom. The maximum Gasteiger partial charge on any atom is 0.0707 e. The lowest BCUT2D eigenvalue weighted by atomic mass is 10.1. The van der Waals surface area contributed by atoms with Crippen molar-refractivity contribution in [2.45, 2.75) is 52.2 Å². The minimum absolute atomic E-state index is 0.425. The minimum Gasteiger partial charge on any atom is -0.372 e. The molecule has 2 unspecified atom stereocenters. The van der Waals surface area contributed by atoms with Gasteiger partial charge in [-0.2, -0.15) is 0 Å². The molecule has 21 heavy (non-hydrogen) atoms. The fraction of sp³-hybridized carbons (Fsp3) is 1.00. The fourth-order valence-corrected chi connectivity index (χ4v) is 2.87. The van der Waals surface area contributed by atoms with Crippen LogP contribution in [0.5, 0.6) is 0 Å². The van der Waals surface area contributed by atoms with Crippen LogP contribution in [0.1, 0.15) is 40.0 Å². The SMILES string of the molecule is CCN(CCCN(C)C)CC1CCC(CNCC(C)C)O1. The molecular formula is C17H37N3O. The van der Waals surface area contributed by atoms with E-state index in [0.717, 1.165) is 32.1 Å². The minimum atomic E-state index is 0.425. The molecule has 0 spiro atoms. The Bertz CT molecular complexity index is 258. The molecule has 0 bridgehead atoms. The van der Waals surface area contributed by atoms with Crippen molar-refractivity contribution in [1.82, 2.24) is 15.1 Å². The van der Waals surface area contributed by atoms with Crippen LogP contribution in [0.2, 0.25) is 0 Å². The van der Waals surface area contributed by atoms with Crippen molar-refractivity contribution in [3.05, 3.63) is 0 Å². The molecule has 1 heterocycles. The lowest BCUT2D eigenvalue weighted by Gasteiger charge is -2.25. The van der Waals surface area contributed by atoms with Gasteiger partial charge in [-0.1, -0.05) is 20.8 Å². The molecule has 0 aromatic heterocycles. The van der Waals surface area contributed by atoms with Crippen LogP contribution in [0.25, 0.3) is 0 Å². The summed E-state index contributed by atoms with van der Waals surface area (Å²) in [6.45, 7) is 13.4. The second kappa shape index (κ2) is 10.5. The molecule has 4 heteroatoms. The number of hydrogen-bond donors (Lipinski definition) is 1. The third kappa shape index (κ3) is 8.77. The third-order valence-electron chi connectivity index (χ3n) is 4.11. The highest BCUT2D eigenvalue weighted by Crippen LogP contribution is 2.20. The average Bonchev–Trinajstić information content (AvgIpc) is 2.84. The fourth-order valence-electron chi connectivity index (χ4n) is 2.87. The molecule has 2 atom stereocenters.